The first-order valence-corrected chi connectivity index (χ1v) is 21.8. The number of hydrogen-bond donors (Lipinski definition) is 1. The Balaban J connectivity index is 1.61. The summed E-state index contributed by atoms with van der Waals surface area (Å²) in [6.45, 7) is 13.7. The zero-order valence-corrected chi connectivity index (χ0v) is 32.1. The second-order valence-corrected chi connectivity index (χ2v) is 23.7. The maximum Gasteiger partial charge on any atom is 0.416 e. The topological polar surface area (TPSA) is 127 Å². The number of carbonyl (C=O) groups excluding carboxylic acids is 2. The van der Waals surface area contributed by atoms with Gasteiger partial charge in [-0.25, -0.2) is 13.9 Å². The zero-order chi connectivity index (χ0) is 37.7. The summed E-state index contributed by atoms with van der Waals surface area (Å²) >= 11 is 0. The minimum atomic E-state index is -4.67. The van der Waals surface area contributed by atoms with Gasteiger partial charge in [-0.3, -0.25) is 14.5 Å². The summed E-state index contributed by atoms with van der Waals surface area (Å²) < 4.78 is 70.6. The number of fused-ring (bicyclic) bond motifs is 2. The van der Waals surface area contributed by atoms with Gasteiger partial charge in [0.1, 0.15) is 18.6 Å². The molecule has 0 bridgehead atoms. The normalized spacial score (nSPS) is 18.1. The summed E-state index contributed by atoms with van der Waals surface area (Å²) in [7, 11) is -3.19. The van der Waals surface area contributed by atoms with Gasteiger partial charge in [-0.05, 0) is 83.3 Å². The summed E-state index contributed by atoms with van der Waals surface area (Å²) in [5.74, 6) is -0.727. The van der Waals surface area contributed by atoms with Gasteiger partial charge < -0.3 is 14.0 Å². The molecule has 2 aliphatic rings. The first kappa shape index (κ1) is 38.8. The van der Waals surface area contributed by atoms with Gasteiger partial charge in [0.2, 0.25) is 0 Å². The summed E-state index contributed by atoms with van der Waals surface area (Å²) in [6.07, 6.45) is -3.70. The molecule has 2 heterocycles. The zero-order valence-electron chi connectivity index (χ0n) is 30.3. The SMILES string of the molecule is CC(C)(C)[S@@](=O)N[C@@H](COC(C)(C)C(F)(F)F)c1nc2cc([C@H](N3C(=O)c4ccccc4C3=O)C3(C#N)CC3)ccc2n1COCC[Si](C)(C)C. The summed E-state index contributed by atoms with van der Waals surface area (Å²) in [5.41, 5.74) is -1.48. The highest BCUT2D eigenvalue weighted by atomic mass is 32.2. The van der Waals surface area contributed by atoms with Crippen LogP contribution in [0.25, 0.3) is 11.0 Å². The van der Waals surface area contributed by atoms with Gasteiger partial charge in [0, 0.05) is 14.7 Å². The van der Waals surface area contributed by atoms with Crippen molar-refractivity contribution in [3.8, 4) is 6.07 Å². The van der Waals surface area contributed by atoms with Crippen molar-refractivity contribution < 1.29 is 36.4 Å². The molecule has 1 aliphatic carbocycles. The van der Waals surface area contributed by atoms with Crippen molar-refractivity contribution in [2.24, 2.45) is 5.41 Å². The Morgan fingerprint density at radius 1 is 1.04 bits per heavy atom. The van der Waals surface area contributed by atoms with E-state index in [1.807, 2.05) is 0 Å². The minimum absolute atomic E-state index is 0.00260. The van der Waals surface area contributed by atoms with Gasteiger partial charge in [-0.1, -0.05) is 37.8 Å². The average molecular weight is 746 g/mol. The number of imidazole rings is 1. The van der Waals surface area contributed by atoms with E-state index in [9.17, 15) is 32.2 Å². The number of amides is 2. The van der Waals surface area contributed by atoms with Crippen LogP contribution in [0.1, 0.15) is 91.6 Å². The number of imide groups is 1. The lowest BCUT2D eigenvalue weighted by atomic mass is 9.89. The molecule has 1 aliphatic heterocycles. The van der Waals surface area contributed by atoms with Crippen LogP contribution < -0.4 is 4.72 Å². The lowest BCUT2D eigenvalue weighted by molar-refractivity contribution is -0.265. The maximum absolute atomic E-state index is 13.9. The Kier molecular flexibility index (Phi) is 10.5. The fraction of sp³-hybridized carbons (Fsp3) is 0.556. The van der Waals surface area contributed by atoms with E-state index in [2.05, 4.69) is 30.4 Å². The second-order valence-electron chi connectivity index (χ2n) is 16.1. The molecule has 2 amide bonds. The molecule has 276 valence electrons. The van der Waals surface area contributed by atoms with E-state index in [4.69, 9.17) is 14.5 Å². The van der Waals surface area contributed by atoms with E-state index >= 15 is 0 Å². The van der Waals surface area contributed by atoms with Crippen molar-refractivity contribution in [1.29, 1.82) is 5.26 Å². The molecule has 1 N–H and O–H groups in total. The summed E-state index contributed by atoms with van der Waals surface area (Å²) in [4.78, 5) is 33.4. The molecule has 3 aromatic rings. The highest BCUT2D eigenvalue weighted by Gasteiger charge is 2.57. The third kappa shape index (κ3) is 8.00. The molecule has 1 fully saturated rings. The molecule has 0 radical (unpaired) electrons. The highest BCUT2D eigenvalue weighted by molar-refractivity contribution is 7.84. The van der Waals surface area contributed by atoms with Crippen LogP contribution >= 0.6 is 0 Å². The second kappa shape index (κ2) is 13.9. The molecule has 3 atom stereocenters. The van der Waals surface area contributed by atoms with Crippen LogP contribution in [0, 0.1) is 16.7 Å². The highest BCUT2D eigenvalue weighted by Crippen LogP contribution is 2.58. The van der Waals surface area contributed by atoms with Crippen molar-refractivity contribution in [2.45, 2.75) is 108 Å². The molecule has 1 saturated carbocycles. The number of alkyl halides is 3. The Morgan fingerprint density at radius 3 is 2.16 bits per heavy atom. The molecule has 2 aromatic carbocycles. The van der Waals surface area contributed by atoms with E-state index < -0.39 is 71.5 Å². The molecule has 15 heteroatoms. The van der Waals surface area contributed by atoms with Gasteiger partial charge >= 0.3 is 6.18 Å². The van der Waals surface area contributed by atoms with Crippen LogP contribution in [0.5, 0.6) is 0 Å². The third-order valence-corrected chi connectivity index (χ3v) is 12.7. The molecular weight excluding hydrogens is 700 g/mol. The standard InChI is InChI=1S/C36H46F3N5O5SSi/c1-33(2,3)50(47)42-27(20-49-34(4,5)36(37,38)39)30-41-26-19-23(13-14-28(26)43(30)22-48-17-18-51(6,7)8)29(35(21-40)15-16-35)44-31(45)24-11-9-10-12-25(24)32(44)46/h9-14,19,27,29,42H,15-18,20,22H2,1-8H3/t27-,29-,50+/m0/s1. The number of ether oxygens (including phenoxy) is 2. The fourth-order valence-electron chi connectivity index (χ4n) is 5.85. The Morgan fingerprint density at radius 2 is 1.65 bits per heavy atom. The number of aromatic nitrogens is 2. The quantitative estimate of drug-likeness (QED) is 0.103. The van der Waals surface area contributed by atoms with Gasteiger partial charge in [-0.2, -0.15) is 18.4 Å². The number of nitrogens with zero attached hydrogens (tertiary/aromatic N) is 4. The van der Waals surface area contributed by atoms with E-state index in [1.54, 1.807) is 67.8 Å². The number of nitrogens with one attached hydrogen (secondary N) is 1. The number of nitriles is 1. The predicted octanol–water partition coefficient (Wildman–Crippen LogP) is 7.44. The van der Waals surface area contributed by atoms with Crippen LogP contribution in [-0.2, 0) is 27.2 Å². The molecule has 10 nitrogen and oxygen atoms in total. The summed E-state index contributed by atoms with van der Waals surface area (Å²) in [5, 5.41) is 10.3. The predicted molar refractivity (Wildman–Crippen MR) is 191 cm³/mol. The minimum Gasteiger partial charge on any atom is -0.364 e. The third-order valence-electron chi connectivity index (χ3n) is 9.36. The van der Waals surface area contributed by atoms with Crippen molar-refractivity contribution in [3.05, 3.63) is 65.0 Å². The molecule has 51 heavy (non-hydrogen) atoms. The average Bonchev–Trinajstić information content (AvgIpc) is 3.69. The van der Waals surface area contributed by atoms with Gasteiger partial charge in [0.05, 0.1) is 62.0 Å². The monoisotopic (exact) mass is 745 g/mol. The first-order chi connectivity index (χ1) is 23.6. The number of hydrogen-bond acceptors (Lipinski definition) is 7. The van der Waals surface area contributed by atoms with E-state index in [0.717, 1.165) is 19.9 Å². The Hall–Kier alpha value is -3.42. The molecular formula is C36H46F3N5O5SSi. The number of carbonyl (C=O) groups is 2. The Bertz CT molecular complexity index is 1850. The van der Waals surface area contributed by atoms with Crippen LogP contribution in [0.2, 0.25) is 25.7 Å². The van der Waals surface area contributed by atoms with Crippen molar-refractivity contribution >= 4 is 41.9 Å². The number of halogens is 3. The number of benzene rings is 2. The Labute approximate surface area is 300 Å². The van der Waals surface area contributed by atoms with Crippen molar-refractivity contribution in [2.75, 3.05) is 13.2 Å². The summed E-state index contributed by atoms with van der Waals surface area (Å²) in [6, 6.07) is 13.0. The van der Waals surface area contributed by atoms with Crippen LogP contribution in [0.4, 0.5) is 13.2 Å². The van der Waals surface area contributed by atoms with Gasteiger partial charge in [-0.15, -0.1) is 0 Å². The van der Waals surface area contributed by atoms with Crippen LogP contribution in [0.15, 0.2) is 42.5 Å². The first-order valence-electron chi connectivity index (χ1n) is 16.9. The molecule has 0 saturated heterocycles. The maximum atomic E-state index is 13.9. The molecule has 0 spiro atoms. The van der Waals surface area contributed by atoms with Crippen LogP contribution in [0.3, 0.4) is 0 Å². The largest absolute Gasteiger partial charge is 0.416 e. The van der Waals surface area contributed by atoms with Gasteiger partial charge in [0.15, 0.2) is 5.60 Å². The van der Waals surface area contributed by atoms with Gasteiger partial charge in [0.25, 0.3) is 11.8 Å². The van der Waals surface area contributed by atoms with E-state index in [1.165, 1.54) is 4.90 Å². The van der Waals surface area contributed by atoms with E-state index in [0.29, 0.717) is 36.0 Å². The van der Waals surface area contributed by atoms with Crippen LogP contribution in [-0.4, -0.2) is 68.3 Å². The number of rotatable bonds is 14. The molecule has 0 unspecified atom stereocenters. The lowest BCUT2D eigenvalue weighted by Gasteiger charge is -2.31. The van der Waals surface area contributed by atoms with Crippen molar-refractivity contribution in [1.82, 2.24) is 19.2 Å². The smallest absolute Gasteiger partial charge is 0.364 e. The lowest BCUT2D eigenvalue weighted by Crippen LogP contribution is -2.45. The molecule has 5 rings (SSSR count). The van der Waals surface area contributed by atoms with Crippen molar-refractivity contribution in [3.63, 3.8) is 0 Å². The van der Waals surface area contributed by atoms with E-state index in [-0.39, 0.29) is 23.7 Å². The fourth-order valence-corrected chi connectivity index (χ4v) is 7.39. The molecule has 1 aromatic heterocycles.